The lowest BCUT2D eigenvalue weighted by Crippen LogP contribution is -2.49. The fraction of sp³-hybridized carbons (Fsp3) is 0.409. The van der Waals surface area contributed by atoms with Gasteiger partial charge in [-0.05, 0) is 30.2 Å². The summed E-state index contributed by atoms with van der Waals surface area (Å²) in [5.41, 5.74) is 4.32. The highest BCUT2D eigenvalue weighted by Crippen LogP contribution is 2.29. The zero-order chi connectivity index (χ0) is 20.5. The fourth-order valence-electron chi connectivity index (χ4n) is 3.96. The second-order valence-electron chi connectivity index (χ2n) is 7.68. The lowest BCUT2D eigenvalue weighted by atomic mass is 10.1. The maximum Gasteiger partial charge on any atom is 0.236 e. The topological polar surface area (TPSA) is 67.9 Å². The predicted molar refractivity (Wildman–Crippen MR) is 114 cm³/mol. The van der Waals surface area contributed by atoms with E-state index in [9.17, 15) is 10.1 Å². The number of aryl methyl sites for hydroxylation is 1. The molecule has 0 saturated carbocycles. The van der Waals surface area contributed by atoms with E-state index in [0.717, 1.165) is 60.7 Å². The van der Waals surface area contributed by atoms with E-state index < -0.39 is 0 Å². The minimum absolute atomic E-state index is 0.132. The molecule has 29 heavy (non-hydrogen) atoms. The van der Waals surface area contributed by atoms with Gasteiger partial charge in [-0.1, -0.05) is 19.1 Å². The molecular formula is C22H26N6O. The average Bonchev–Trinajstić information content (AvgIpc) is 3.12. The number of aromatic nitrogens is 2. The van der Waals surface area contributed by atoms with Crippen LogP contribution in [0.5, 0.6) is 0 Å². The largest absolute Gasteiger partial charge is 0.355 e. The highest BCUT2D eigenvalue weighted by atomic mass is 16.2. The fourth-order valence-corrected chi connectivity index (χ4v) is 3.96. The maximum atomic E-state index is 12.0. The van der Waals surface area contributed by atoms with Gasteiger partial charge in [-0.2, -0.15) is 5.26 Å². The molecule has 4 rings (SSSR count). The van der Waals surface area contributed by atoms with Gasteiger partial charge in [-0.15, -0.1) is 0 Å². The van der Waals surface area contributed by atoms with Gasteiger partial charge in [0.05, 0.1) is 23.1 Å². The number of piperazine rings is 1. The number of imidazole rings is 1. The number of nitrogens with zero attached hydrogens (tertiary/aromatic N) is 6. The average molecular weight is 390 g/mol. The Balaban J connectivity index is 1.73. The quantitative estimate of drug-likeness (QED) is 0.683. The lowest BCUT2D eigenvalue weighted by Gasteiger charge is -2.36. The third kappa shape index (κ3) is 3.40. The van der Waals surface area contributed by atoms with Crippen molar-refractivity contribution >= 4 is 28.4 Å². The molecule has 150 valence electrons. The van der Waals surface area contributed by atoms with E-state index in [0.29, 0.717) is 12.1 Å². The summed E-state index contributed by atoms with van der Waals surface area (Å²) in [6, 6.07) is 12.5. The van der Waals surface area contributed by atoms with Gasteiger partial charge in [-0.25, -0.2) is 4.98 Å². The van der Waals surface area contributed by atoms with Crippen molar-refractivity contribution < 1.29 is 4.79 Å². The highest BCUT2D eigenvalue weighted by Gasteiger charge is 2.24. The highest BCUT2D eigenvalue weighted by molar-refractivity contribution is 5.85. The maximum absolute atomic E-state index is 12.0. The molecule has 0 bridgehead atoms. The molecule has 3 heterocycles. The van der Waals surface area contributed by atoms with Gasteiger partial charge >= 0.3 is 0 Å². The molecular weight excluding hydrogens is 364 g/mol. The molecule has 0 atom stereocenters. The summed E-state index contributed by atoms with van der Waals surface area (Å²) in [7, 11) is 3.59. The van der Waals surface area contributed by atoms with Crippen LogP contribution in [-0.2, 0) is 11.2 Å². The third-order valence-electron chi connectivity index (χ3n) is 5.68. The van der Waals surface area contributed by atoms with Crippen LogP contribution in [0.25, 0.3) is 16.7 Å². The molecule has 0 N–H and O–H groups in total. The van der Waals surface area contributed by atoms with Crippen LogP contribution in [0.3, 0.4) is 0 Å². The van der Waals surface area contributed by atoms with E-state index in [1.165, 1.54) is 0 Å². The number of likely N-dealkylation sites (N-methyl/N-ethyl adjacent to an activating group) is 1. The Morgan fingerprint density at radius 2 is 1.93 bits per heavy atom. The second kappa shape index (κ2) is 7.72. The molecule has 1 fully saturated rings. The first-order valence-corrected chi connectivity index (χ1v) is 10.0. The van der Waals surface area contributed by atoms with Crippen molar-refractivity contribution in [1.82, 2.24) is 19.2 Å². The number of carbonyl (C=O) groups excluding carboxylic acids is 1. The smallest absolute Gasteiger partial charge is 0.236 e. The first-order valence-electron chi connectivity index (χ1n) is 10.0. The molecule has 2 aromatic heterocycles. The van der Waals surface area contributed by atoms with Gasteiger partial charge in [0.2, 0.25) is 5.91 Å². The molecule has 1 amide bonds. The summed E-state index contributed by atoms with van der Waals surface area (Å²) in [6.07, 6.45) is 0.785. The van der Waals surface area contributed by atoms with Crippen LogP contribution < -0.4 is 4.90 Å². The van der Waals surface area contributed by atoms with Gasteiger partial charge in [0.25, 0.3) is 0 Å². The van der Waals surface area contributed by atoms with E-state index in [2.05, 4.69) is 39.3 Å². The Kier molecular flexibility index (Phi) is 5.12. The Bertz CT molecular complexity index is 1100. The molecule has 0 spiro atoms. The van der Waals surface area contributed by atoms with E-state index >= 15 is 0 Å². The van der Waals surface area contributed by atoms with Gasteiger partial charge in [-0.3, -0.25) is 14.1 Å². The number of nitriles is 1. The molecule has 1 aromatic carbocycles. The summed E-state index contributed by atoms with van der Waals surface area (Å²) < 4.78 is 2.12. The van der Waals surface area contributed by atoms with Crippen molar-refractivity contribution in [2.24, 2.45) is 0 Å². The zero-order valence-corrected chi connectivity index (χ0v) is 17.2. The Morgan fingerprint density at radius 3 is 2.59 bits per heavy atom. The molecule has 0 unspecified atom stereocenters. The van der Waals surface area contributed by atoms with Crippen molar-refractivity contribution in [3.63, 3.8) is 0 Å². The summed E-state index contributed by atoms with van der Waals surface area (Å²) in [4.78, 5) is 23.0. The van der Waals surface area contributed by atoms with Gasteiger partial charge < -0.3 is 9.80 Å². The van der Waals surface area contributed by atoms with Crippen LogP contribution >= 0.6 is 0 Å². The van der Waals surface area contributed by atoms with Crippen molar-refractivity contribution in [1.29, 1.82) is 5.26 Å². The Hall–Kier alpha value is -3.11. The predicted octanol–water partition coefficient (Wildman–Crippen LogP) is 2.13. The van der Waals surface area contributed by atoms with Crippen molar-refractivity contribution in [3.8, 4) is 6.07 Å². The van der Waals surface area contributed by atoms with Crippen molar-refractivity contribution in [2.45, 2.75) is 13.3 Å². The van der Waals surface area contributed by atoms with Crippen molar-refractivity contribution in [2.75, 3.05) is 51.7 Å². The molecule has 1 aliphatic heterocycles. The van der Waals surface area contributed by atoms with Crippen molar-refractivity contribution in [3.05, 3.63) is 41.5 Å². The number of carbonyl (C=O) groups is 1. The molecule has 1 saturated heterocycles. The monoisotopic (exact) mass is 390 g/mol. The van der Waals surface area contributed by atoms with Crippen LogP contribution in [0.2, 0.25) is 0 Å². The lowest BCUT2D eigenvalue weighted by molar-refractivity contribution is -0.129. The number of anilines is 1. The number of fused-ring (bicyclic) bond motifs is 3. The summed E-state index contributed by atoms with van der Waals surface area (Å²) >= 11 is 0. The third-order valence-corrected chi connectivity index (χ3v) is 5.68. The van der Waals surface area contributed by atoms with E-state index in [1.807, 2.05) is 18.2 Å². The number of pyridine rings is 1. The van der Waals surface area contributed by atoms with Crippen LogP contribution in [0.15, 0.2) is 30.3 Å². The van der Waals surface area contributed by atoms with Crippen LogP contribution in [0.4, 0.5) is 5.82 Å². The number of hydrogen-bond donors (Lipinski definition) is 0. The molecule has 0 radical (unpaired) electrons. The standard InChI is InChI=1S/C22H26N6O/c1-4-16-13-20(27-11-9-26(10-12-27)15-21(29)25(2)3)28-19-8-6-5-7-18(19)24-22(28)17(16)14-23/h5-8,13H,4,9-12,15H2,1-3H3. The molecule has 3 aromatic rings. The zero-order valence-electron chi connectivity index (χ0n) is 17.2. The minimum atomic E-state index is 0.132. The molecule has 7 nitrogen and oxygen atoms in total. The normalized spacial score (nSPS) is 15.0. The number of amides is 1. The van der Waals surface area contributed by atoms with Gasteiger partial charge in [0.1, 0.15) is 11.9 Å². The number of rotatable bonds is 4. The molecule has 0 aliphatic carbocycles. The minimum Gasteiger partial charge on any atom is -0.355 e. The second-order valence-corrected chi connectivity index (χ2v) is 7.68. The number of benzene rings is 1. The van der Waals surface area contributed by atoms with E-state index in [1.54, 1.807) is 19.0 Å². The van der Waals surface area contributed by atoms with E-state index in [-0.39, 0.29) is 5.91 Å². The van der Waals surface area contributed by atoms with Crippen LogP contribution in [-0.4, -0.2) is 71.9 Å². The molecule has 7 heteroatoms. The van der Waals surface area contributed by atoms with Crippen LogP contribution in [0.1, 0.15) is 18.1 Å². The Labute approximate surface area is 170 Å². The summed E-state index contributed by atoms with van der Waals surface area (Å²) in [6.45, 7) is 5.85. The SMILES string of the molecule is CCc1cc(N2CCN(CC(=O)N(C)C)CC2)n2c(nc3ccccc32)c1C#N. The number of hydrogen-bond acceptors (Lipinski definition) is 5. The Morgan fingerprint density at radius 1 is 1.21 bits per heavy atom. The summed E-state index contributed by atoms with van der Waals surface area (Å²) in [5.74, 6) is 1.20. The van der Waals surface area contributed by atoms with Gasteiger partial charge in [0, 0.05) is 40.3 Å². The molecule has 1 aliphatic rings. The number of para-hydroxylation sites is 2. The first kappa shape index (κ1) is 19.2. The summed E-state index contributed by atoms with van der Waals surface area (Å²) in [5, 5.41) is 9.78. The van der Waals surface area contributed by atoms with Crippen LogP contribution in [0, 0.1) is 11.3 Å². The van der Waals surface area contributed by atoms with E-state index in [4.69, 9.17) is 4.98 Å². The first-order chi connectivity index (χ1) is 14.0. The van der Waals surface area contributed by atoms with Gasteiger partial charge in [0.15, 0.2) is 5.65 Å².